The Morgan fingerprint density at radius 3 is 2.47 bits per heavy atom. The van der Waals surface area contributed by atoms with Gasteiger partial charge in [0.25, 0.3) is 0 Å². The molecule has 0 spiro atoms. The van der Waals surface area contributed by atoms with Crippen molar-refractivity contribution in [2.45, 2.75) is 0 Å². The lowest BCUT2D eigenvalue weighted by atomic mass is 10.0. The van der Waals surface area contributed by atoms with Crippen LogP contribution < -0.4 is 0 Å². The number of hydrogen-bond acceptors (Lipinski definition) is 0. The molecular weight excluding hydrogens is 228 g/mol. The summed E-state index contributed by atoms with van der Waals surface area (Å²) >= 11 is 6.18. The van der Waals surface area contributed by atoms with Crippen LogP contribution in [0, 0.1) is 6.07 Å². The first kappa shape index (κ1) is 10.4. The van der Waals surface area contributed by atoms with Crippen LogP contribution >= 0.6 is 11.6 Å². The predicted octanol–water partition coefficient (Wildman–Crippen LogP) is 4.96. The summed E-state index contributed by atoms with van der Waals surface area (Å²) in [5.74, 6) is 0. The molecule has 0 unspecified atom stereocenters. The summed E-state index contributed by atoms with van der Waals surface area (Å²) < 4.78 is 0. The molecule has 0 nitrogen and oxygen atoms in total. The molecule has 17 heavy (non-hydrogen) atoms. The Bertz CT molecular complexity index is 671. The molecule has 1 heteroatoms. The summed E-state index contributed by atoms with van der Waals surface area (Å²) in [5, 5.41) is 3.20. The maximum atomic E-state index is 6.18. The van der Waals surface area contributed by atoms with E-state index in [1.54, 1.807) is 0 Å². The van der Waals surface area contributed by atoms with E-state index >= 15 is 0 Å². The third kappa shape index (κ3) is 1.92. The van der Waals surface area contributed by atoms with Crippen LogP contribution in [0.1, 0.15) is 0 Å². The lowest BCUT2D eigenvalue weighted by molar-refractivity contribution is 1.63. The molecule has 0 aromatic heterocycles. The van der Waals surface area contributed by atoms with E-state index in [4.69, 9.17) is 11.6 Å². The zero-order chi connectivity index (χ0) is 11.7. The second-order valence-corrected chi connectivity index (χ2v) is 4.36. The van der Waals surface area contributed by atoms with Crippen molar-refractivity contribution in [3.05, 3.63) is 71.8 Å². The molecule has 81 valence electrons. The van der Waals surface area contributed by atoms with Crippen LogP contribution in [0.3, 0.4) is 0 Å². The van der Waals surface area contributed by atoms with E-state index in [1.807, 2.05) is 30.3 Å². The van der Waals surface area contributed by atoms with Crippen molar-refractivity contribution in [3.63, 3.8) is 0 Å². The van der Waals surface area contributed by atoms with Gasteiger partial charge >= 0.3 is 0 Å². The molecule has 0 fully saturated rings. The Hall–Kier alpha value is -1.79. The van der Waals surface area contributed by atoms with Crippen LogP contribution in [0.25, 0.3) is 21.9 Å². The first-order valence-electron chi connectivity index (χ1n) is 5.50. The Balaban J connectivity index is 2.22. The number of fused-ring (bicyclic) bond motifs is 1. The van der Waals surface area contributed by atoms with Gasteiger partial charge in [-0.1, -0.05) is 60.1 Å². The zero-order valence-electron chi connectivity index (χ0n) is 9.15. The molecule has 0 heterocycles. The van der Waals surface area contributed by atoms with Crippen LogP contribution in [0.5, 0.6) is 0 Å². The van der Waals surface area contributed by atoms with Crippen molar-refractivity contribution in [2.75, 3.05) is 0 Å². The zero-order valence-corrected chi connectivity index (χ0v) is 9.91. The largest absolute Gasteiger partial charge is 0.0836 e. The van der Waals surface area contributed by atoms with Gasteiger partial charge in [-0.15, -0.1) is 0 Å². The minimum atomic E-state index is 0.739. The molecule has 0 amide bonds. The molecule has 0 bridgehead atoms. The van der Waals surface area contributed by atoms with Gasteiger partial charge in [-0.2, -0.15) is 0 Å². The van der Waals surface area contributed by atoms with Gasteiger partial charge in [0.2, 0.25) is 0 Å². The first-order chi connectivity index (χ1) is 8.34. The highest BCUT2D eigenvalue weighted by Gasteiger charge is 2.03. The maximum absolute atomic E-state index is 6.18. The molecule has 0 saturated heterocycles. The minimum absolute atomic E-state index is 0.739. The van der Waals surface area contributed by atoms with E-state index in [-0.39, 0.29) is 0 Å². The topological polar surface area (TPSA) is 0 Å². The molecule has 0 N–H and O–H groups in total. The van der Waals surface area contributed by atoms with E-state index < -0.39 is 0 Å². The van der Waals surface area contributed by atoms with Crippen LogP contribution in [0.15, 0.2) is 60.7 Å². The third-order valence-electron chi connectivity index (χ3n) is 2.84. The van der Waals surface area contributed by atoms with Crippen molar-refractivity contribution in [1.82, 2.24) is 0 Å². The molecule has 3 aromatic carbocycles. The van der Waals surface area contributed by atoms with E-state index in [9.17, 15) is 0 Å². The Labute approximate surface area is 105 Å². The minimum Gasteiger partial charge on any atom is -0.0836 e. The van der Waals surface area contributed by atoms with Crippen molar-refractivity contribution in [1.29, 1.82) is 0 Å². The van der Waals surface area contributed by atoms with Crippen LogP contribution in [-0.2, 0) is 0 Å². The third-order valence-corrected chi connectivity index (χ3v) is 3.16. The molecule has 3 aromatic rings. The standard InChI is InChI=1S/C16H10Cl/c17-16-8-4-3-7-15(16)14-10-9-12-5-1-2-6-13(12)11-14/h1-6,8-11H. The Morgan fingerprint density at radius 2 is 1.65 bits per heavy atom. The summed E-state index contributed by atoms with van der Waals surface area (Å²) in [6.07, 6.45) is 0. The quantitative estimate of drug-likeness (QED) is 0.561. The van der Waals surface area contributed by atoms with Crippen LogP contribution in [0.2, 0.25) is 5.02 Å². The van der Waals surface area contributed by atoms with E-state index in [1.165, 1.54) is 10.8 Å². The molecule has 0 saturated carbocycles. The highest BCUT2D eigenvalue weighted by molar-refractivity contribution is 6.33. The Morgan fingerprint density at radius 1 is 0.824 bits per heavy atom. The highest BCUT2D eigenvalue weighted by atomic mass is 35.5. The van der Waals surface area contributed by atoms with Gasteiger partial charge in [0.15, 0.2) is 0 Å². The lowest BCUT2D eigenvalue weighted by Gasteiger charge is -2.05. The van der Waals surface area contributed by atoms with Crippen molar-refractivity contribution >= 4 is 22.4 Å². The van der Waals surface area contributed by atoms with E-state index in [2.05, 4.69) is 36.4 Å². The van der Waals surface area contributed by atoms with E-state index in [0.717, 1.165) is 16.1 Å². The van der Waals surface area contributed by atoms with Gasteiger partial charge in [-0.05, 0) is 34.5 Å². The molecule has 3 rings (SSSR count). The molecule has 0 aliphatic carbocycles. The van der Waals surface area contributed by atoms with Crippen molar-refractivity contribution in [3.8, 4) is 11.1 Å². The lowest BCUT2D eigenvalue weighted by Crippen LogP contribution is -1.80. The maximum Gasteiger partial charge on any atom is 0.0490 e. The van der Waals surface area contributed by atoms with Crippen molar-refractivity contribution in [2.24, 2.45) is 0 Å². The van der Waals surface area contributed by atoms with E-state index in [0.29, 0.717) is 0 Å². The summed E-state index contributed by atoms with van der Waals surface area (Å²) in [5.41, 5.74) is 2.06. The molecular formula is C16H10Cl. The van der Waals surface area contributed by atoms with Gasteiger partial charge in [-0.25, -0.2) is 0 Å². The SMILES string of the molecule is Clc1ccc[c]c1-c1ccc2ccccc2c1. The van der Waals surface area contributed by atoms with Gasteiger partial charge in [0.05, 0.1) is 0 Å². The first-order valence-corrected chi connectivity index (χ1v) is 5.88. The number of halogens is 1. The van der Waals surface area contributed by atoms with Crippen LogP contribution in [0.4, 0.5) is 0 Å². The summed E-state index contributed by atoms with van der Waals surface area (Å²) in [6, 6.07) is 23.5. The fraction of sp³-hybridized carbons (Fsp3) is 0. The smallest absolute Gasteiger partial charge is 0.0490 e. The summed E-state index contributed by atoms with van der Waals surface area (Å²) in [4.78, 5) is 0. The predicted molar refractivity (Wildman–Crippen MR) is 73.2 cm³/mol. The molecule has 0 aliphatic heterocycles. The number of rotatable bonds is 1. The fourth-order valence-corrected chi connectivity index (χ4v) is 2.22. The van der Waals surface area contributed by atoms with Gasteiger partial charge < -0.3 is 0 Å². The second kappa shape index (κ2) is 4.23. The number of benzene rings is 3. The summed E-state index contributed by atoms with van der Waals surface area (Å²) in [7, 11) is 0. The normalized spacial score (nSPS) is 10.6. The van der Waals surface area contributed by atoms with Gasteiger partial charge in [0.1, 0.15) is 0 Å². The number of hydrogen-bond donors (Lipinski definition) is 0. The second-order valence-electron chi connectivity index (χ2n) is 3.95. The average molecular weight is 238 g/mol. The van der Waals surface area contributed by atoms with Gasteiger partial charge in [0, 0.05) is 10.6 Å². The van der Waals surface area contributed by atoms with Gasteiger partial charge in [-0.3, -0.25) is 0 Å². The van der Waals surface area contributed by atoms with Crippen LogP contribution in [-0.4, -0.2) is 0 Å². The molecule has 0 aliphatic rings. The fourth-order valence-electron chi connectivity index (χ4n) is 1.98. The summed E-state index contributed by atoms with van der Waals surface area (Å²) in [6.45, 7) is 0. The Kier molecular flexibility index (Phi) is 2.58. The highest BCUT2D eigenvalue weighted by Crippen LogP contribution is 2.29. The van der Waals surface area contributed by atoms with Crippen molar-refractivity contribution < 1.29 is 0 Å². The average Bonchev–Trinajstić information content (AvgIpc) is 2.39. The monoisotopic (exact) mass is 237 g/mol. The molecule has 1 radical (unpaired) electrons. The molecule has 0 atom stereocenters.